The minimum Gasteiger partial charge on any atom is -0.354 e. The number of nitrogens with one attached hydrogen (secondary N) is 1. The predicted molar refractivity (Wildman–Crippen MR) is 129 cm³/mol. The number of carbonyl (C=O) groups is 3. The average Bonchev–Trinajstić information content (AvgIpc) is 3.21. The van der Waals surface area contributed by atoms with E-state index < -0.39 is 17.6 Å². The van der Waals surface area contributed by atoms with Gasteiger partial charge in [-0.15, -0.1) is 0 Å². The fourth-order valence-corrected chi connectivity index (χ4v) is 4.66. The van der Waals surface area contributed by atoms with Crippen LogP contribution in [0.15, 0.2) is 48.5 Å². The largest absolute Gasteiger partial charge is 0.354 e. The van der Waals surface area contributed by atoms with Gasteiger partial charge in [0.2, 0.25) is 5.91 Å². The molecule has 3 amide bonds. The van der Waals surface area contributed by atoms with E-state index >= 15 is 0 Å². The maximum Gasteiger partial charge on any atom is 0.256 e. The van der Waals surface area contributed by atoms with Crippen LogP contribution in [-0.4, -0.2) is 65.5 Å². The van der Waals surface area contributed by atoms with E-state index in [0.717, 1.165) is 5.56 Å². The maximum absolute atomic E-state index is 13.6. The Kier molecular flexibility index (Phi) is 7.21. The zero-order chi connectivity index (χ0) is 25.2. The highest BCUT2D eigenvalue weighted by molar-refractivity contribution is 5.98. The van der Waals surface area contributed by atoms with Gasteiger partial charge in [0, 0.05) is 43.6 Å². The van der Waals surface area contributed by atoms with Crippen LogP contribution in [0.4, 0.5) is 4.39 Å². The van der Waals surface area contributed by atoms with Crippen LogP contribution in [0.1, 0.15) is 53.0 Å². The quantitative estimate of drug-likeness (QED) is 0.710. The molecule has 2 heterocycles. The molecule has 2 fully saturated rings. The van der Waals surface area contributed by atoms with E-state index in [9.17, 15) is 18.8 Å². The number of carbonyl (C=O) groups excluding carboxylic acids is 3. The van der Waals surface area contributed by atoms with Crippen molar-refractivity contribution < 1.29 is 23.5 Å². The number of aryl methyl sites for hydroxylation is 1. The van der Waals surface area contributed by atoms with Crippen LogP contribution in [0.3, 0.4) is 0 Å². The zero-order valence-corrected chi connectivity index (χ0v) is 20.4. The smallest absolute Gasteiger partial charge is 0.256 e. The van der Waals surface area contributed by atoms with Crippen molar-refractivity contribution in [1.82, 2.24) is 15.1 Å². The van der Waals surface area contributed by atoms with Gasteiger partial charge in [0.05, 0.1) is 6.61 Å². The Bertz CT molecular complexity index is 1080. The van der Waals surface area contributed by atoms with Crippen molar-refractivity contribution in [2.45, 2.75) is 45.4 Å². The van der Waals surface area contributed by atoms with Crippen LogP contribution >= 0.6 is 0 Å². The van der Waals surface area contributed by atoms with E-state index in [-0.39, 0.29) is 35.8 Å². The molecule has 0 saturated carbocycles. The molecule has 7 nitrogen and oxygen atoms in total. The number of ether oxygens (including phenoxy) is 1. The molecule has 0 aliphatic carbocycles. The third-order valence-electron chi connectivity index (χ3n) is 6.69. The number of halogens is 1. The number of hydrogen-bond acceptors (Lipinski definition) is 4. The molecule has 1 N–H and O–H groups in total. The minimum absolute atomic E-state index is 0.0690. The summed E-state index contributed by atoms with van der Waals surface area (Å²) in [4.78, 5) is 43.0. The van der Waals surface area contributed by atoms with Gasteiger partial charge < -0.3 is 15.0 Å². The first kappa shape index (κ1) is 24.9. The van der Waals surface area contributed by atoms with E-state index in [1.54, 1.807) is 4.90 Å². The lowest BCUT2D eigenvalue weighted by Crippen LogP contribution is -2.60. The molecule has 4 rings (SSSR count). The van der Waals surface area contributed by atoms with Crippen molar-refractivity contribution in [3.8, 4) is 0 Å². The van der Waals surface area contributed by atoms with Crippen molar-refractivity contribution in [2.75, 3.05) is 26.2 Å². The number of amides is 3. The number of piperidine rings is 1. The summed E-state index contributed by atoms with van der Waals surface area (Å²) in [6.07, 6.45) is 0.761. The van der Waals surface area contributed by atoms with Gasteiger partial charge in [0.15, 0.2) is 0 Å². The second-order valence-electron chi connectivity index (χ2n) is 9.75. The average molecular weight is 482 g/mol. The minimum atomic E-state index is -1.00. The van der Waals surface area contributed by atoms with Gasteiger partial charge >= 0.3 is 0 Å². The first-order valence-corrected chi connectivity index (χ1v) is 12.1. The van der Waals surface area contributed by atoms with Crippen molar-refractivity contribution in [3.63, 3.8) is 0 Å². The SMILES string of the molecule is Cc1ccc(C(=O)N2CCC3(CC2)OCC(C(=O)NCC(C)C)N3C(=O)c2ccc(F)cc2)cc1. The number of likely N-dealkylation sites (tertiary alicyclic amines) is 1. The predicted octanol–water partition coefficient (Wildman–Crippen LogP) is 3.38. The van der Waals surface area contributed by atoms with Gasteiger partial charge in [-0.3, -0.25) is 19.3 Å². The number of nitrogens with zero attached hydrogens (tertiary/aromatic N) is 2. The van der Waals surface area contributed by atoms with Crippen LogP contribution in [0.25, 0.3) is 0 Å². The molecule has 35 heavy (non-hydrogen) atoms. The highest BCUT2D eigenvalue weighted by Gasteiger charge is 2.54. The van der Waals surface area contributed by atoms with E-state index in [4.69, 9.17) is 4.74 Å². The molecular weight excluding hydrogens is 449 g/mol. The summed E-state index contributed by atoms with van der Waals surface area (Å²) >= 11 is 0. The zero-order valence-electron chi connectivity index (χ0n) is 20.4. The molecule has 2 aliphatic rings. The molecular formula is C27H32FN3O4. The van der Waals surface area contributed by atoms with Crippen LogP contribution in [0.2, 0.25) is 0 Å². The molecule has 1 spiro atoms. The van der Waals surface area contributed by atoms with Crippen LogP contribution in [-0.2, 0) is 9.53 Å². The third-order valence-corrected chi connectivity index (χ3v) is 6.69. The van der Waals surface area contributed by atoms with E-state index in [2.05, 4.69) is 5.32 Å². The Morgan fingerprint density at radius 2 is 1.57 bits per heavy atom. The first-order chi connectivity index (χ1) is 16.7. The Balaban J connectivity index is 1.55. The Hall–Kier alpha value is -3.26. The molecule has 8 heteroatoms. The summed E-state index contributed by atoms with van der Waals surface area (Å²) in [6, 6.07) is 11.9. The van der Waals surface area contributed by atoms with E-state index in [0.29, 0.717) is 38.0 Å². The number of rotatable bonds is 5. The summed E-state index contributed by atoms with van der Waals surface area (Å²) in [5.74, 6) is -0.911. The summed E-state index contributed by atoms with van der Waals surface area (Å²) in [5, 5.41) is 2.91. The molecule has 2 aliphatic heterocycles. The molecule has 1 atom stereocenters. The lowest BCUT2D eigenvalue weighted by atomic mass is 9.96. The standard InChI is InChI=1S/C27H32FN3O4/c1-18(2)16-29-24(32)23-17-35-27(31(23)26(34)21-8-10-22(28)11-9-21)12-14-30(15-13-27)25(33)20-6-4-19(3)5-7-20/h4-11,18,23H,12-17H2,1-3H3,(H,29,32). The van der Waals surface area contributed by atoms with Gasteiger partial charge in [0.1, 0.15) is 17.6 Å². The normalized spacial score (nSPS) is 19.3. The first-order valence-electron chi connectivity index (χ1n) is 12.1. The van der Waals surface area contributed by atoms with Gasteiger partial charge in [-0.1, -0.05) is 31.5 Å². The van der Waals surface area contributed by atoms with E-state index in [1.165, 1.54) is 29.2 Å². The third kappa shape index (κ3) is 5.22. The second kappa shape index (κ2) is 10.2. The summed E-state index contributed by atoms with van der Waals surface area (Å²) in [6.45, 7) is 7.30. The van der Waals surface area contributed by atoms with Crippen molar-refractivity contribution in [1.29, 1.82) is 0 Å². The maximum atomic E-state index is 13.6. The van der Waals surface area contributed by atoms with Crippen molar-refractivity contribution in [2.24, 2.45) is 5.92 Å². The topological polar surface area (TPSA) is 79.0 Å². The lowest BCUT2D eigenvalue weighted by Gasteiger charge is -2.44. The number of benzene rings is 2. The monoisotopic (exact) mass is 481 g/mol. The molecule has 0 bridgehead atoms. The molecule has 0 aromatic heterocycles. The van der Waals surface area contributed by atoms with E-state index in [1.807, 2.05) is 45.0 Å². The fourth-order valence-electron chi connectivity index (χ4n) is 4.66. The Labute approximate surface area is 205 Å². The summed E-state index contributed by atoms with van der Waals surface area (Å²) in [5.41, 5.74) is 0.977. The van der Waals surface area contributed by atoms with Gasteiger partial charge in [-0.2, -0.15) is 0 Å². The van der Waals surface area contributed by atoms with Crippen LogP contribution in [0.5, 0.6) is 0 Å². The molecule has 186 valence electrons. The Morgan fingerprint density at radius 1 is 1.00 bits per heavy atom. The molecule has 2 saturated heterocycles. The van der Waals surface area contributed by atoms with Gasteiger partial charge in [0.25, 0.3) is 11.8 Å². The molecule has 2 aromatic carbocycles. The van der Waals surface area contributed by atoms with Gasteiger partial charge in [-0.05, 0) is 49.2 Å². The van der Waals surface area contributed by atoms with Crippen LogP contribution < -0.4 is 5.32 Å². The summed E-state index contributed by atoms with van der Waals surface area (Å²) < 4.78 is 19.7. The molecule has 0 radical (unpaired) electrons. The highest BCUT2D eigenvalue weighted by Crippen LogP contribution is 2.39. The van der Waals surface area contributed by atoms with Gasteiger partial charge in [-0.25, -0.2) is 4.39 Å². The molecule has 2 aromatic rings. The van der Waals surface area contributed by atoms with Crippen LogP contribution in [0, 0.1) is 18.7 Å². The Morgan fingerprint density at radius 3 is 2.17 bits per heavy atom. The molecule has 1 unspecified atom stereocenters. The van der Waals surface area contributed by atoms with Crippen molar-refractivity contribution in [3.05, 3.63) is 71.0 Å². The fraction of sp³-hybridized carbons (Fsp3) is 0.444. The van der Waals surface area contributed by atoms with Crippen molar-refractivity contribution >= 4 is 17.7 Å². The summed E-state index contributed by atoms with van der Waals surface area (Å²) in [7, 11) is 0. The lowest BCUT2D eigenvalue weighted by molar-refractivity contribution is -0.128. The number of hydrogen-bond donors (Lipinski definition) is 1. The second-order valence-corrected chi connectivity index (χ2v) is 9.75. The highest BCUT2D eigenvalue weighted by atomic mass is 19.1.